The van der Waals surface area contributed by atoms with Gasteiger partial charge in [0.15, 0.2) is 9.84 Å². The number of nitrogens with one attached hydrogen (secondary N) is 3. The van der Waals surface area contributed by atoms with Gasteiger partial charge in [-0.25, -0.2) is 8.42 Å². The first-order valence-corrected chi connectivity index (χ1v) is 10.4. The predicted molar refractivity (Wildman–Crippen MR) is 101 cm³/mol. The zero-order chi connectivity index (χ0) is 19.2. The smallest absolute Gasteiger partial charge is 0.241 e. The van der Waals surface area contributed by atoms with Crippen LogP contribution in [0.5, 0.6) is 0 Å². The van der Waals surface area contributed by atoms with Gasteiger partial charge in [0, 0.05) is 24.2 Å². The average Bonchev–Trinajstić information content (AvgIpc) is 3.19. The Labute approximate surface area is 157 Å². The molecule has 0 radical (unpaired) electrons. The van der Waals surface area contributed by atoms with Crippen molar-refractivity contribution >= 4 is 33.0 Å². The third-order valence-corrected chi connectivity index (χ3v) is 6.32. The second-order valence-corrected chi connectivity index (χ2v) is 9.02. The number of para-hydroxylation sites is 1. The molecule has 4 rings (SSSR count). The van der Waals surface area contributed by atoms with Crippen LogP contribution in [0.2, 0.25) is 0 Å². The van der Waals surface area contributed by atoms with E-state index in [9.17, 15) is 18.0 Å². The molecule has 2 unspecified atom stereocenters. The summed E-state index contributed by atoms with van der Waals surface area (Å²) in [6.07, 6.45) is 1.50. The van der Waals surface area contributed by atoms with Gasteiger partial charge in [-0.15, -0.1) is 0 Å². The predicted octanol–water partition coefficient (Wildman–Crippen LogP) is 1.28. The van der Waals surface area contributed by atoms with E-state index in [1.807, 2.05) is 24.3 Å². The highest BCUT2D eigenvalue weighted by molar-refractivity contribution is 7.90. The number of rotatable bonds is 3. The summed E-state index contributed by atoms with van der Waals surface area (Å²) in [6.45, 7) is 0.390. The third kappa shape index (κ3) is 3.00. The van der Waals surface area contributed by atoms with Crippen molar-refractivity contribution in [2.75, 3.05) is 23.4 Å². The van der Waals surface area contributed by atoms with Gasteiger partial charge in [0.1, 0.15) is 0 Å². The van der Waals surface area contributed by atoms with E-state index in [1.54, 1.807) is 12.1 Å². The van der Waals surface area contributed by atoms with Crippen LogP contribution >= 0.6 is 0 Å². The Hall–Kier alpha value is -2.71. The fourth-order valence-corrected chi connectivity index (χ4v) is 4.37. The molecule has 2 aromatic carbocycles. The largest absolute Gasteiger partial charge is 0.325 e. The summed E-state index contributed by atoms with van der Waals surface area (Å²) in [5.41, 5.74) is 1.47. The Bertz CT molecular complexity index is 1030. The first kappa shape index (κ1) is 17.7. The molecular formula is C19H19N3O4S. The zero-order valence-corrected chi connectivity index (χ0v) is 15.5. The monoisotopic (exact) mass is 385 g/mol. The van der Waals surface area contributed by atoms with Crippen molar-refractivity contribution in [1.82, 2.24) is 5.32 Å². The van der Waals surface area contributed by atoms with Crippen LogP contribution in [0.4, 0.5) is 11.4 Å². The number of amides is 2. The summed E-state index contributed by atoms with van der Waals surface area (Å²) >= 11 is 0. The Kier molecular flexibility index (Phi) is 4.05. The molecule has 0 aromatic heterocycles. The van der Waals surface area contributed by atoms with Crippen molar-refractivity contribution in [3.05, 3.63) is 54.1 Å². The summed E-state index contributed by atoms with van der Waals surface area (Å²) in [7, 11) is -3.28. The molecule has 3 N–H and O–H groups in total. The minimum absolute atomic E-state index is 0.0935. The maximum absolute atomic E-state index is 12.6. The number of anilines is 2. The van der Waals surface area contributed by atoms with Gasteiger partial charge in [0.05, 0.1) is 16.4 Å². The molecule has 2 aliphatic rings. The molecular weight excluding hydrogens is 366 g/mol. The highest BCUT2D eigenvalue weighted by atomic mass is 32.2. The fraction of sp³-hybridized carbons (Fsp3) is 0.263. The lowest BCUT2D eigenvalue weighted by Gasteiger charge is -2.20. The maximum Gasteiger partial charge on any atom is 0.241 e. The quantitative estimate of drug-likeness (QED) is 0.738. The van der Waals surface area contributed by atoms with Crippen molar-refractivity contribution in [2.24, 2.45) is 0 Å². The molecule has 140 valence electrons. The Morgan fingerprint density at radius 1 is 1.15 bits per heavy atom. The van der Waals surface area contributed by atoms with Gasteiger partial charge in [-0.1, -0.05) is 18.2 Å². The molecule has 0 saturated carbocycles. The first-order valence-electron chi connectivity index (χ1n) is 8.55. The number of hydrogen-bond acceptors (Lipinski definition) is 5. The molecule has 2 atom stereocenters. The van der Waals surface area contributed by atoms with E-state index in [1.165, 1.54) is 12.1 Å². The van der Waals surface area contributed by atoms with Gasteiger partial charge < -0.3 is 16.0 Å². The van der Waals surface area contributed by atoms with E-state index in [0.29, 0.717) is 18.7 Å². The highest BCUT2D eigenvalue weighted by Gasteiger charge is 2.52. The lowest BCUT2D eigenvalue weighted by molar-refractivity contribution is -0.120. The standard InChI is InChI=1S/C19H19N3O4S/c1-27(25,26)13-8-6-12(7-9-13)21-17(23)16-10-19(11-20-16)14-4-2-3-5-15(14)22-18(19)24/h2-9,16,20H,10-11H2,1H3,(H,21,23)(H,22,24). The summed E-state index contributed by atoms with van der Waals surface area (Å²) in [5.74, 6) is -0.347. The summed E-state index contributed by atoms with van der Waals surface area (Å²) in [4.78, 5) is 25.4. The van der Waals surface area contributed by atoms with E-state index in [-0.39, 0.29) is 16.7 Å². The van der Waals surface area contributed by atoms with E-state index in [0.717, 1.165) is 17.5 Å². The second kappa shape index (κ2) is 6.17. The van der Waals surface area contributed by atoms with Gasteiger partial charge >= 0.3 is 0 Å². The van der Waals surface area contributed by atoms with Crippen molar-refractivity contribution in [3.63, 3.8) is 0 Å². The molecule has 0 aliphatic carbocycles. The van der Waals surface area contributed by atoms with E-state index in [4.69, 9.17) is 0 Å². The maximum atomic E-state index is 12.6. The number of hydrogen-bond donors (Lipinski definition) is 3. The van der Waals surface area contributed by atoms with Crippen LogP contribution in [0.15, 0.2) is 53.4 Å². The third-order valence-electron chi connectivity index (χ3n) is 5.19. The molecule has 7 nitrogen and oxygen atoms in total. The SMILES string of the molecule is CS(=O)(=O)c1ccc(NC(=O)C2CC3(CN2)C(=O)Nc2ccccc23)cc1. The molecule has 0 bridgehead atoms. The number of fused-ring (bicyclic) bond motifs is 2. The van der Waals surface area contributed by atoms with Crippen LogP contribution in [-0.4, -0.2) is 39.1 Å². The van der Waals surface area contributed by atoms with Gasteiger partial charge in [-0.2, -0.15) is 0 Å². The van der Waals surface area contributed by atoms with Crippen molar-refractivity contribution < 1.29 is 18.0 Å². The summed E-state index contributed by atoms with van der Waals surface area (Å²) in [6, 6.07) is 13.0. The molecule has 2 heterocycles. The minimum atomic E-state index is -3.28. The number of benzene rings is 2. The molecule has 1 saturated heterocycles. The van der Waals surface area contributed by atoms with E-state index in [2.05, 4.69) is 16.0 Å². The fourth-order valence-electron chi connectivity index (χ4n) is 3.74. The summed E-state index contributed by atoms with van der Waals surface area (Å²) in [5, 5.41) is 8.82. The van der Waals surface area contributed by atoms with E-state index >= 15 is 0 Å². The minimum Gasteiger partial charge on any atom is -0.325 e. The zero-order valence-electron chi connectivity index (χ0n) is 14.7. The van der Waals surface area contributed by atoms with Gasteiger partial charge in [0.25, 0.3) is 0 Å². The summed E-state index contributed by atoms with van der Waals surface area (Å²) < 4.78 is 23.0. The van der Waals surface area contributed by atoms with Crippen LogP contribution in [0.1, 0.15) is 12.0 Å². The van der Waals surface area contributed by atoms with Crippen molar-refractivity contribution in [2.45, 2.75) is 22.8 Å². The Morgan fingerprint density at radius 3 is 2.56 bits per heavy atom. The molecule has 2 amide bonds. The lowest BCUT2D eigenvalue weighted by Crippen LogP contribution is -2.36. The van der Waals surface area contributed by atoms with Crippen LogP contribution in [0.25, 0.3) is 0 Å². The lowest BCUT2D eigenvalue weighted by atomic mass is 9.79. The molecule has 1 spiro atoms. The topological polar surface area (TPSA) is 104 Å². The number of sulfone groups is 1. The molecule has 2 aromatic rings. The molecule has 2 aliphatic heterocycles. The number of carbonyl (C=O) groups excluding carboxylic acids is 2. The van der Waals surface area contributed by atoms with Gasteiger partial charge in [0.2, 0.25) is 11.8 Å². The molecule has 27 heavy (non-hydrogen) atoms. The Balaban J connectivity index is 1.50. The van der Waals surface area contributed by atoms with Crippen molar-refractivity contribution in [3.8, 4) is 0 Å². The van der Waals surface area contributed by atoms with Gasteiger partial charge in [-0.3, -0.25) is 9.59 Å². The van der Waals surface area contributed by atoms with Gasteiger partial charge in [-0.05, 0) is 42.3 Å². The van der Waals surface area contributed by atoms with Crippen LogP contribution in [0.3, 0.4) is 0 Å². The van der Waals surface area contributed by atoms with Crippen molar-refractivity contribution in [1.29, 1.82) is 0 Å². The highest BCUT2D eigenvalue weighted by Crippen LogP contribution is 2.43. The molecule has 1 fully saturated rings. The average molecular weight is 385 g/mol. The van der Waals surface area contributed by atoms with E-state index < -0.39 is 21.3 Å². The van der Waals surface area contributed by atoms with Crippen LogP contribution in [-0.2, 0) is 24.8 Å². The van der Waals surface area contributed by atoms with Crippen LogP contribution in [0, 0.1) is 0 Å². The molecule has 8 heteroatoms. The number of carbonyl (C=O) groups is 2. The first-order chi connectivity index (χ1) is 12.8. The Morgan fingerprint density at radius 2 is 1.85 bits per heavy atom. The normalized spacial score (nSPS) is 23.9. The van der Waals surface area contributed by atoms with Crippen LogP contribution < -0.4 is 16.0 Å². The second-order valence-electron chi connectivity index (χ2n) is 7.01.